The summed E-state index contributed by atoms with van der Waals surface area (Å²) in [5, 5.41) is 2.51. The number of hydrogen-bond donors (Lipinski definition) is 1. The normalized spacial score (nSPS) is 20.6. The van der Waals surface area contributed by atoms with Gasteiger partial charge in [0.15, 0.2) is 0 Å². The van der Waals surface area contributed by atoms with Crippen LogP contribution >= 0.6 is 0 Å². The van der Waals surface area contributed by atoms with Crippen LogP contribution < -0.4 is 5.32 Å². The Labute approximate surface area is 113 Å². The molecule has 0 radical (unpaired) electrons. The highest BCUT2D eigenvalue weighted by atomic mass is 16.5. The molecule has 6 nitrogen and oxygen atoms in total. The number of nitrogens with zero attached hydrogens (tertiary/aromatic N) is 1. The number of rotatable bonds is 5. The van der Waals surface area contributed by atoms with Gasteiger partial charge in [-0.2, -0.15) is 0 Å². The lowest BCUT2D eigenvalue weighted by Crippen LogP contribution is -2.48. The second-order valence-corrected chi connectivity index (χ2v) is 5.28. The van der Waals surface area contributed by atoms with E-state index >= 15 is 0 Å². The molecule has 1 aliphatic rings. The third-order valence-corrected chi connectivity index (χ3v) is 3.45. The monoisotopic (exact) mass is 270 g/mol. The average molecular weight is 270 g/mol. The number of ether oxygens (including phenoxy) is 1. The van der Waals surface area contributed by atoms with Crippen LogP contribution in [0.2, 0.25) is 0 Å². The molecule has 0 bridgehead atoms. The molecular weight excluding hydrogens is 248 g/mol. The second-order valence-electron chi connectivity index (χ2n) is 5.28. The lowest BCUT2D eigenvalue weighted by atomic mass is 9.95. The molecule has 2 amide bonds. The molecule has 1 heterocycles. The van der Waals surface area contributed by atoms with E-state index in [1.54, 1.807) is 4.90 Å². The molecule has 0 aromatic rings. The number of esters is 1. The van der Waals surface area contributed by atoms with Gasteiger partial charge in [0.25, 0.3) is 0 Å². The Hall–Kier alpha value is -1.59. The van der Waals surface area contributed by atoms with Crippen LogP contribution in [0.25, 0.3) is 0 Å². The number of carbonyl (C=O) groups excluding carboxylic acids is 3. The summed E-state index contributed by atoms with van der Waals surface area (Å²) in [7, 11) is 1.26. The van der Waals surface area contributed by atoms with Gasteiger partial charge >= 0.3 is 5.97 Å². The molecule has 2 unspecified atom stereocenters. The minimum Gasteiger partial charge on any atom is -0.467 e. The minimum absolute atomic E-state index is 0.0259. The van der Waals surface area contributed by atoms with Crippen LogP contribution in [0.5, 0.6) is 0 Å². The highest BCUT2D eigenvalue weighted by Crippen LogP contribution is 2.24. The third-order valence-electron chi connectivity index (χ3n) is 3.45. The number of hydrogen-bond acceptors (Lipinski definition) is 4. The van der Waals surface area contributed by atoms with Crippen molar-refractivity contribution in [1.29, 1.82) is 0 Å². The summed E-state index contributed by atoms with van der Waals surface area (Å²) in [6, 6.07) is -0.794. The zero-order chi connectivity index (χ0) is 14.6. The maximum Gasteiger partial charge on any atom is 0.330 e. The van der Waals surface area contributed by atoms with Crippen LogP contribution in [0.15, 0.2) is 0 Å². The van der Waals surface area contributed by atoms with E-state index in [1.807, 2.05) is 0 Å². The van der Waals surface area contributed by atoms with E-state index in [-0.39, 0.29) is 18.4 Å². The number of nitrogens with one attached hydrogen (secondary N) is 1. The summed E-state index contributed by atoms with van der Waals surface area (Å²) < 4.78 is 4.64. The number of methoxy groups -OCH3 is 1. The van der Waals surface area contributed by atoms with Crippen molar-refractivity contribution in [3.63, 3.8) is 0 Å². The molecular formula is C13H22N2O4. The van der Waals surface area contributed by atoms with Crippen molar-refractivity contribution in [2.45, 2.75) is 33.2 Å². The number of carbonyl (C=O) groups is 3. The maximum atomic E-state index is 11.9. The van der Waals surface area contributed by atoms with E-state index < -0.39 is 12.0 Å². The molecule has 0 aliphatic carbocycles. The largest absolute Gasteiger partial charge is 0.467 e. The maximum absolute atomic E-state index is 11.9. The van der Waals surface area contributed by atoms with Gasteiger partial charge in [-0.3, -0.25) is 9.59 Å². The summed E-state index contributed by atoms with van der Waals surface area (Å²) in [6.07, 6.45) is 0.506. The van der Waals surface area contributed by atoms with Crippen LogP contribution in [0.3, 0.4) is 0 Å². The Morgan fingerprint density at radius 2 is 2.11 bits per heavy atom. The van der Waals surface area contributed by atoms with Crippen molar-refractivity contribution in [2.24, 2.45) is 11.8 Å². The quantitative estimate of drug-likeness (QED) is 0.723. The molecule has 0 aromatic carbocycles. The minimum atomic E-state index is -0.794. The first-order chi connectivity index (χ1) is 8.85. The molecule has 1 aliphatic heterocycles. The van der Waals surface area contributed by atoms with Crippen LogP contribution in [0.4, 0.5) is 0 Å². The van der Waals surface area contributed by atoms with Gasteiger partial charge < -0.3 is 15.0 Å². The molecule has 1 saturated heterocycles. The SMILES string of the molecule is COC(=O)C(CN1CC(C(C)C)CC1=O)NC(C)=O. The standard InChI is InChI=1S/C13H22N2O4/c1-8(2)10-5-12(17)15(6-10)7-11(13(18)19-4)14-9(3)16/h8,10-11H,5-7H2,1-4H3,(H,14,16). The summed E-state index contributed by atoms with van der Waals surface area (Å²) in [5.41, 5.74) is 0. The van der Waals surface area contributed by atoms with E-state index in [9.17, 15) is 14.4 Å². The highest BCUT2D eigenvalue weighted by molar-refractivity contribution is 5.85. The molecule has 6 heteroatoms. The fourth-order valence-corrected chi connectivity index (χ4v) is 2.21. The first-order valence-corrected chi connectivity index (χ1v) is 6.47. The van der Waals surface area contributed by atoms with Gasteiger partial charge in [0, 0.05) is 19.9 Å². The Bertz CT molecular complexity index is 368. The fourth-order valence-electron chi connectivity index (χ4n) is 2.21. The van der Waals surface area contributed by atoms with Crippen molar-refractivity contribution < 1.29 is 19.1 Å². The average Bonchev–Trinajstić information content (AvgIpc) is 2.69. The van der Waals surface area contributed by atoms with Crippen LogP contribution in [-0.2, 0) is 19.1 Å². The summed E-state index contributed by atoms with van der Waals surface area (Å²) in [4.78, 5) is 36.2. The molecule has 1 rings (SSSR count). The lowest BCUT2D eigenvalue weighted by Gasteiger charge is -2.23. The van der Waals surface area contributed by atoms with Crippen LogP contribution in [-0.4, -0.2) is 48.9 Å². The molecule has 108 valence electrons. The summed E-state index contributed by atoms with van der Waals surface area (Å²) >= 11 is 0. The first-order valence-electron chi connectivity index (χ1n) is 6.47. The molecule has 1 fully saturated rings. The van der Waals surface area contributed by atoms with E-state index in [4.69, 9.17) is 0 Å². The highest BCUT2D eigenvalue weighted by Gasteiger charge is 2.34. The fraction of sp³-hybridized carbons (Fsp3) is 0.769. The summed E-state index contributed by atoms with van der Waals surface area (Å²) in [5.74, 6) is -0.0918. The molecule has 2 atom stereocenters. The van der Waals surface area contributed by atoms with E-state index in [2.05, 4.69) is 23.9 Å². The van der Waals surface area contributed by atoms with Gasteiger partial charge in [0.05, 0.1) is 13.7 Å². The van der Waals surface area contributed by atoms with Gasteiger partial charge in [-0.1, -0.05) is 13.8 Å². The van der Waals surface area contributed by atoms with Crippen molar-refractivity contribution >= 4 is 17.8 Å². The van der Waals surface area contributed by atoms with E-state index in [1.165, 1.54) is 14.0 Å². The number of likely N-dealkylation sites (tertiary alicyclic amines) is 1. The molecule has 0 saturated carbocycles. The van der Waals surface area contributed by atoms with Gasteiger partial charge in [-0.05, 0) is 11.8 Å². The molecule has 1 N–H and O–H groups in total. The van der Waals surface area contributed by atoms with Crippen molar-refractivity contribution in [3.8, 4) is 0 Å². The molecule has 19 heavy (non-hydrogen) atoms. The smallest absolute Gasteiger partial charge is 0.330 e. The Morgan fingerprint density at radius 3 is 2.53 bits per heavy atom. The molecule has 0 aromatic heterocycles. The lowest BCUT2D eigenvalue weighted by molar-refractivity contribution is -0.146. The third kappa shape index (κ3) is 4.22. The van der Waals surface area contributed by atoms with Crippen LogP contribution in [0.1, 0.15) is 27.2 Å². The molecule has 0 spiro atoms. The Morgan fingerprint density at radius 1 is 1.47 bits per heavy atom. The van der Waals surface area contributed by atoms with Gasteiger partial charge in [-0.15, -0.1) is 0 Å². The Balaban J connectivity index is 2.66. The van der Waals surface area contributed by atoms with Gasteiger partial charge in [0.2, 0.25) is 11.8 Å². The van der Waals surface area contributed by atoms with Crippen LogP contribution in [0, 0.1) is 11.8 Å². The van der Waals surface area contributed by atoms with Gasteiger partial charge in [-0.25, -0.2) is 4.79 Å². The zero-order valence-electron chi connectivity index (χ0n) is 11.9. The van der Waals surface area contributed by atoms with E-state index in [0.717, 1.165) is 0 Å². The first kappa shape index (κ1) is 15.5. The van der Waals surface area contributed by atoms with Gasteiger partial charge in [0.1, 0.15) is 6.04 Å². The van der Waals surface area contributed by atoms with Crippen molar-refractivity contribution in [1.82, 2.24) is 10.2 Å². The topological polar surface area (TPSA) is 75.7 Å². The second kappa shape index (κ2) is 6.54. The van der Waals surface area contributed by atoms with Crippen molar-refractivity contribution in [2.75, 3.05) is 20.2 Å². The zero-order valence-corrected chi connectivity index (χ0v) is 11.9. The predicted octanol–water partition coefficient (Wildman–Crippen LogP) is 0.169. The van der Waals surface area contributed by atoms with E-state index in [0.29, 0.717) is 24.8 Å². The predicted molar refractivity (Wildman–Crippen MR) is 69.1 cm³/mol. The van der Waals surface area contributed by atoms with Crippen molar-refractivity contribution in [3.05, 3.63) is 0 Å². The Kier molecular flexibility index (Phi) is 5.32. The number of amides is 2. The summed E-state index contributed by atoms with van der Waals surface area (Å²) in [6.45, 7) is 6.29.